The Bertz CT molecular complexity index is 852. The molecule has 0 atom stereocenters. The van der Waals surface area contributed by atoms with Crippen LogP contribution >= 0.6 is 0 Å². The van der Waals surface area contributed by atoms with Crippen molar-refractivity contribution >= 4 is 11.8 Å². The molecule has 3 heterocycles. The summed E-state index contributed by atoms with van der Waals surface area (Å²) in [5.74, 6) is 2.09. The van der Waals surface area contributed by atoms with Gasteiger partial charge in [-0.05, 0) is 30.7 Å². The summed E-state index contributed by atoms with van der Waals surface area (Å²) in [7, 11) is 0. The van der Waals surface area contributed by atoms with Crippen molar-refractivity contribution in [3.63, 3.8) is 0 Å². The monoisotopic (exact) mass is 449 g/mol. The molecule has 0 spiro atoms. The molecule has 7 nitrogen and oxygen atoms in total. The lowest BCUT2D eigenvalue weighted by molar-refractivity contribution is 0.172. The Morgan fingerprint density at radius 3 is 2.21 bits per heavy atom. The predicted molar refractivity (Wildman–Crippen MR) is 137 cm³/mol. The number of pyridine rings is 1. The van der Waals surface area contributed by atoms with Gasteiger partial charge in [-0.3, -0.25) is 4.90 Å². The third-order valence-corrected chi connectivity index (χ3v) is 6.62. The molecule has 33 heavy (non-hydrogen) atoms. The Hall–Kier alpha value is -2.64. The second-order valence-corrected chi connectivity index (χ2v) is 8.86. The number of anilines is 1. The first-order valence-corrected chi connectivity index (χ1v) is 12.5. The molecule has 1 aromatic carbocycles. The molecule has 178 valence electrons. The Labute approximate surface area is 199 Å². The largest absolute Gasteiger partial charge is 0.357 e. The van der Waals surface area contributed by atoms with Gasteiger partial charge in [0.25, 0.3) is 0 Å². The van der Waals surface area contributed by atoms with E-state index in [9.17, 15) is 0 Å². The van der Waals surface area contributed by atoms with Gasteiger partial charge in [0.05, 0.1) is 6.54 Å². The van der Waals surface area contributed by atoms with Crippen LogP contribution in [0.15, 0.2) is 53.7 Å². The molecule has 0 amide bonds. The van der Waals surface area contributed by atoms with E-state index in [2.05, 4.69) is 81.2 Å². The highest BCUT2D eigenvalue weighted by atomic mass is 15.3. The topological polar surface area (TPSA) is 50.2 Å². The molecule has 2 aromatic rings. The predicted octanol–water partition coefficient (Wildman–Crippen LogP) is 2.51. The first-order chi connectivity index (χ1) is 16.2. The zero-order valence-corrected chi connectivity index (χ0v) is 20.3. The summed E-state index contributed by atoms with van der Waals surface area (Å²) in [4.78, 5) is 19.5. The van der Waals surface area contributed by atoms with E-state index in [1.807, 2.05) is 6.20 Å². The Balaban J connectivity index is 1.29. The Morgan fingerprint density at radius 1 is 0.848 bits per heavy atom. The normalized spacial score (nSPS) is 18.5. The van der Waals surface area contributed by atoms with Crippen molar-refractivity contribution in [2.24, 2.45) is 4.99 Å². The minimum atomic E-state index is 0.656. The summed E-state index contributed by atoms with van der Waals surface area (Å²) in [6.07, 6.45) is 1.99. The lowest BCUT2D eigenvalue weighted by atomic mass is 10.2. The number of piperazine rings is 2. The number of aliphatic imine (C=N–C) groups is 1. The molecule has 0 aliphatic carbocycles. The highest BCUT2D eigenvalue weighted by molar-refractivity contribution is 5.80. The Kier molecular flexibility index (Phi) is 8.55. The molecular formula is C26H39N7. The van der Waals surface area contributed by atoms with Gasteiger partial charge in [-0.2, -0.15) is 0 Å². The van der Waals surface area contributed by atoms with Gasteiger partial charge in [-0.25, -0.2) is 9.98 Å². The van der Waals surface area contributed by atoms with Crippen LogP contribution in [0.25, 0.3) is 0 Å². The van der Waals surface area contributed by atoms with Crippen LogP contribution in [0.3, 0.4) is 0 Å². The van der Waals surface area contributed by atoms with Crippen LogP contribution in [0, 0.1) is 0 Å². The van der Waals surface area contributed by atoms with Gasteiger partial charge in [-0.1, -0.05) is 43.3 Å². The first kappa shape index (κ1) is 23.5. The van der Waals surface area contributed by atoms with E-state index < -0.39 is 0 Å². The summed E-state index contributed by atoms with van der Waals surface area (Å²) in [6, 6.07) is 15.1. The SMILES string of the molecule is CCNC(=NCc1ccc(N2CCN(CC)CC2)nc1)N1CCN(Cc2ccccc2)CC1. The second-order valence-electron chi connectivity index (χ2n) is 8.86. The van der Waals surface area contributed by atoms with E-state index in [4.69, 9.17) is 9.98 Å². The molecule has 0 radical (unpaired) electrons. The molecule has 2 aliphatic heterocycles. The van der Waals surface area contributed by atoms with Crippen LogP contribution in [-0.2, 0) is 13.1 Å². The van der Waals surface area contributed by atoms with Crippen LogP contribution in [0.5, 0.6) is 0 Å². The fourth-order valence-corrected chi connectivity index (χ4v) is 4.54. The maximum Gasteiger partial charge on any atom is 0.194 e. The number of aromatic nitrogens is 1. The van der Waals surface area contributed by atoms with Gasteiger partial charge >= 0.3 is 0 Å². The standard InChI is InChI=1S/C26H39N7/c1-3-27-26(33-18-14-31(15-19-33)22-23-8-6-5-7-9-23)29-21-24-10-11-25(28-20-24)32-16-12-30(4-2)13-17-32/h5-11,20H,3-4,12-19,21-22H2,1-2H3,(H,27,29). The molecular weight excluding hydrogens is 410 g/mol. The van der Waals surface area contributed by atoms with E-state index in [0.717, 1.165) is 89.3 Å². The van der Waals surface area contributed by atoms with Crippen LogP contribution in [0.4, 0.5) is 5.82 Å². The van der Waals surface area contributed by atoms with Crippen molar-refractivity contribution in [2.45, 2.75) is 26.9 Å². The van der Waals surface area contributed by atoms with E-state index in [-0.39, 0.29) is 0 Å². The fourth-order valence-electron chi connectivity index (χ4n) is 4.54. The number of likely N-dealkylation sites (N-methyl/N-ethyl adjacent to an activating group) is 1. The second kappa shape index (κ2) is 12.0. The van der Waals surface area contributed by atoms with Crippen LogP contribution in [-0.4, -0.2) is 91.1 Å². The van der Waals surface area contributed by atoms with Crippen molar-refractivity contribution in [1.82, 2.24) is 25.0 Å². The molecule has 0 saturated carbocycles. The number of rotatable bonds is 7. The van der Waals surface area contributed by atoms with E-state index >= 15 is 0 Å². The van der Waals surface area contributed by atoms with Crippen LogP contribution < -0.4 is 10.2 Å². The molecule has 2 aliphatic rings. The average molecular weight is 450 g/mol. The Morgan fingerprint density at radius 2 is 1.58 bits per heavy atom. The molecule has 4 rings (SSSR count). The minimum absolute atomic E-state index is 0.656. The summed E-state index contributed by atoms with van der Waals surface area (Å²) >= 11 is 0. The van der Waals surface area contributed by atoms with Crippen molar-refractivity contribution in [2.75, 3.05) is 70.3 Å². The van der Waals surface area contributed by atoms with Crippen LogP contribution in [0.1, 0.15) is 25.0 Å². The molecule has 2 fully saturated rings. The van der Waals surface area contributed by atoms with Gasteiger partial charge < -0.3 is 20.0 Å². The highest BCUT2D eigenvalue weighted by Crippen LogP contribution is 2.15. The number of hydrogen-bond acceptors (Lipinski definition) is 5. The van der Waals surface area contributed by atoms with E-state index in [1.165, 1.54) is 5.56 Å². The first-order valence-electron chi connectivity index (χ1n) is 12.5. The summed E-state index contributed by atoms with van der Waals surface area (Å²) in [5, 5.41) is 3.48. The molecule has 0 bridgehead atoms. The lowest BCUT2D eigenvalue weighted by Crippen LogP contribution is -2.52. The lowest BCUT2D eigenvalue weighted by Gasteiger charge is -2.36. The molecule has 7 heteroatoms. The molecule has 1 N–H and O–H groups in total. The zero-order chi connectivity index (χ0) is 22.9. The smallest absolute Gasteiger partial charge is 0.194 e. The number of nitrogens with zero attached hydrogens (tertiary/aromatic N) is 6. The molecule has 1 aromatic heterocycles. The van der Waals surface area contributed by atoms with Crippen molar-refractivity contribution < 1.29 is 0 Å². The number of guanidine groups is 1. The number of hydrogen-bond donors (Lipinski definition) is 1. The number of nitrogens with one attached hydrogen (secondary N) is 1. The van der Waals surface area contributed by atoms with Gasteiger partial charge in [0.2, 0.25) is 0 Å². The maximum absolute atomic E-state index is 4.93. The van der Waals surface area contributed by atoms with Gasteiger partial charge in [0, 0.05) is 71.6 Å². The fraction of sp³-hybridized carbons (Fsp3) is 0.538. The van der Waals surface area contributed by atoms with Gasteiger partial charge in [-0.15, -0.1) is 0 Å². The zero-order valence-electron chi connectivity index (χ0n) is 20.3. The highest BCUT2D eigenvalue weighted by Gasteiger charge is 2.20. The van der Waals surface area contributed by atoms with Crippen molar-refractivity contribution in [3.8, 4) is 0 Å². The third-order valence-electron chi connectivity index (χ3n) is 6.62. The van der Waals surface area contributed by atoms with Gasteiger partial charge in [0.1, 0.15) is 5.82 Å². The minimum Gasteiger partial charge on any atom is -0.357 e. The molecule has 0 unspecified atom stereocenters. The summed E-state index contributed by atoms with van der Waals surface area (Å²) in [5.41, 5.74) is 2.54. The van der Waals surface area contributed by atoms with E-state index in [0.29, 0.717) is 6.54 Å². The molecule has 2 saturated heterocycles. The maximum atomic E-state index is 4.93. The van der Waals surface area contributed by atoms with Crippen molar-refractivity contribution in [1.29, 1.82) is 0 Å². The van der Waals surface area contributed by atoms with E-state index in [1.54, 1.807) is 0 Å². The summed E-state index contributed by atoms with van der Waals surface area (Å²) in [6.45, 7) is 16.5. The average Bonchev–Trinajstić information content (AvgIpc) is 2.88. The van der Waals surface area contributed by atoms with Crippen LogP contribution in [0.2, 0.25) is 0 Å². The van der Waals surface area contributed by atoms with Gasteiger partial charge in [0.15, 0.2) is 5.96 Å². The summed E-state index contributed by atoms with van der Waals surface area (Å²) < 4.78 is 0. The quantitative estimate of drug-likeness (QED) is 0.518. The third kappa shape index (κ3) is 6.68. The van der Waals surface area contributed by atoms with Crippen molar-refractivity contribution in [3.05, 3.63) is 59.8 Å². The number of benzene rings is 1.